The van der Waals surface area contributed by atoms with Gasteiger partial charge < -0.3 is 10.2 Å². The molecule has 2 N–H and O–H groups in total. The number of phenols is 2. The number of fused-ring (bicyclic) bond motifs is 1. The summed E-state index contributed by atoms with van der Waals surface area (Å²) in [5, 5.41) is 19.6. The normalized spacial score (nSPS) is 16.3. The van der Waals surface area contributed by atoms with Crippen molar-refractivity contribution in [3.63, 3.8) is 0 Å². The zero-order valence-electron chi connectivity index (χ0n) is 9.20. The molecule has 1 aromatic carbocycles. The highest BCUT2D eigenvalue weighted by atomic mass is 79.9. The third-order valence-corrected chi connectivity index (χ3v) is 3.78. The minimum absolute atomic E-state index is 0.149. The lowest BCUT2D eigenvalue weighted by molar-refractivity contribution is 0.0978. The van der Waals surface area contributed by atoms with Crippen LogP contribution in [-0.2, 0) is 0 Å². The van der Waals surface area contributed by atoms with E-state index < -0.39 is 11.6 Å². The fourth-order valence-electron chi connectivity index (χ4n) is 1.81. The number of alkyl halides is 1. The van der Waals surface area contributed by atoms with E-state index in [1.165, 1.54) is 12.1 Å². The molecule has 0 fully saturated rings. The molecule has 0 amide bonds. The number of phenolic OH excluding ortho intramolecular Hbond substituents is 2. The fourth-order valence-corrected chi connectivity index (χ4v) is 2.57. The van der Waals surface area contributed by atoms with Crippen LogP contribution in [0.15, 0.2) is 22.2 Å². The summed E-state index contributed by atoms with van der Waals surface area (Å²) in [6.45, 7) is 1.71. The summed E-state index contributed by atoms with van der Waals surface area (Å²) in [7, 11) is 0. The van der Waals surface area contributed by atoms with Crippen molar-refractivity contribution in [3.05, 3.63) is 33.3 Å². The Bertz CT molecular complexity index is 603. The first-order chi connectivity index (χ1) is 8.34. The van der Waals surface area contributed by atoms with E-state index in [2.05, 4.69) is 31.9 Å². The maximum Gasteiger partial charge on any atom is 0.194 e. The Labute approximate surface area is 120 Å². The molecule has 6 heteroatoms. The van der Waals surface area contributed by atoms with E-state index in [1.54, 1.807) is 6.92 Å². The van der Waals surface area contributed by atoms with Crippen LogP contribution in [0.25, 0.3) is 0 Å². The van der Waals surface area contributed by atoms with Crippen LogP contribution in [0.4, 0.5) is 0 Å². The molecule has 0 spiro atoms. The second kappa shape index (κ2) is 4.51. The van der Waals surface area contributed by atoms with Crippen LogP contribution in [0.5, 0.6) is 11.5 Å². The molecule has 1 aromatic rings. The SMILES string of the molecule is CC(Br)C1=CC(=O)c2c(O)c(Br)cc(O)c2C1=O. The van der Waals surface area contributed by atoms with E-state index in [-0.39, 0.29) is 37.5 Å². The van der Waals surface area contributed by atoms with Crippen molar-refractivity contribution in [1.82, 2.24) is 0 Å². The van der Waals surface area contributed by atoms with Gasteiger partial charge in [-0.3, -0.25) is 9.59 Å². The van der Waals surface area contributed by atoms with Gasteiger partial charge in [-0.1, -0.05) is 15.9 Å². The van der Waals surface area contributed by atoms with E-state index >= 15 is 0 Å². The molecule has 1 unspecified atom stereocenters. The van der Waals surface area contributed by atoms with Crippen LogP contribution in [0.3, 0.4) is 0 Å². The number of halogens is 2. The van der Waals surface area contributed by atoms with E-state index in [0.29, 0.717) is 0 Å². The topological polar surface area (TPSA) is 74.6 Å². The van der Waals surface area contributed by atoms with Gasteiger partial charge in [-0.05, 0) is 35.0 Å². The smallest absolute Gasteiger partial charge is 0.194 e. The van der Waals surface area contributed by atoms with Crippen molar-refractivity contribution in [1.29, 1.82) is 0 Å². The van der Waals surface area contributed by atoms with Gasteiger partial charge >= 0.3 is 0 Å². The van der Waals surface area contributed by atoms with Gasteiger partial charge in [-0.2, -0.15) is 0 Å². The van der Waals surface area contributed by atoms with Crippen LogP contribution in [-0.4, -0.2) is 26.6 Å². The van der Waals surface area contributed by atoms with E-state index in [0.717, 1.165) is 0 Å². The maximum atomic E-state index is 12.2. The molecule has 1 atom stereocenters. The number of carbonyl (C=O) groups is 2. The highest BCUT2D eigenvalue weighted by molar-refractivity contribution is 9.10. The molecule has 0 bridgehead atoms. The molecular formula is C12H8Br2O4. The monoisotopic (exact) mass is 374 g/mol. The summed E-state index contributed by atoms with van der Waals surface area (Å²) < 4.78 is 0.170. The lowest BCUT2D eigenvalue weighted by Gasteiger charge is -2.19. The Morgan fingerprint density at radius 3 is 2.39 bits per heavy atom. The first-order valence-electron chi connectivity index (χ1n) is 5.03. The van der Waals surface area contributed by atoms with E-state index in [4.69, 9.17) is 0 Å². The number of aromatic hydroxyl groups is 2. The number of rotatable bonds is 1. The second-order valence-electron chi connectivity index (χ2n) is 3.89. The van der Waals surface area contributed by atoms with Gasteiger partial charge in [-0.25, -0.2) is 0 Å². The molecule has 0 heterocycles. The van der Waals surface area contributed by atoms with E-state index in [9.17, 15) is 19.8 Å². The Hall–Kier alpha value is -1.14. The van der Waals surface area contributed by atoms with Crippen LogP contribution in [0, 0.1) is 0 Å². The van der Waals surface area contributed by atoms with Crippen LogP contribution in [0.2, 0.25) is 0 Å². The largest absolute Gasteiger partial charge is 0.507 e. The van der Waals surface area contributed by atoms with Gasteiger partial charge in [0.25, 0.3) is 0 Å². The zero-order chi connectivity index (χ0) is 13.6. The Morgan fingerprint density at radius 2 is 1.83 bits per heavy atom. The summed E-state index contributed by atoms with van der Waals surface area (Å²) in [5.41, 5.74) is -0.0576. The fraction of sp³-hybridized carbons (Fsp3) is 0.167. The lowest BCUT2D eigenvalue weighted by atomic mass is 9.87. The second-order valence-corrected chi connectivity index (χ2v) is 6.11. The van der Waals surface area contributed by atoms with Crippen LogP contribution >= 0.6 is 31.9 Å². The van der Waals surface area contributed by atoms with Crippen LogP contribution < -0.4 is 0 Å². The minimum atomic E-state index is -0.500. The third kappa shape index (κ3) is 1.89. The first kappa shape index (κ1) is 13.3. The van der Waals surface area contributed by atoms with Crippen molar-refractivity contribution in [3.8, 4) is 11.5 Å². The molecule has 0 saturated carbocycles. The van der Waals surface area contributed by atoms with Gasteiger partial charge in [0.2, 0.25) is 0 Å². The molecule has 0 saturated heterocycles. The summed E-state index contributed by atoms with van der Waals surface area (Å²) in [5.74, 6) is -1.63. The molecule has 1 aliphatic carbocycles. The predicted octanol–water partition coefficient (Wildman–Crippen LogP) is 2.95. The van der Waals surface area contributed by atoms with Crippen molar-refractivity contribution >= 4 is 43.4 Å². The molecule has 0 aromatic heterocycles. The average Bonchev–Trinajstić information content (AvgIpc) is 2.28. The van der Waals surface area contributed by atoms with Crippen molar-refractivity contribution < 1.29 is 19.8 Å². The highest BCUT2D eigenvalue weighted by Crippen LogP contribution is 2.40. The molecule has 1 aliphatic rings. The Morgan fingerprint density at radius 1 is 1.22 bits per heavy atom. The van der Waals surface area contributed by atoms with Gasteiger partial charge in [0.05, 0.1) is 15.6 Å². The zero-order valence-corrected chi connectivity index (χ0v) is 12.4. The van der Waals surface area contributed by atoms with E-state index in [1.807, 2.05) is 0 Å². The van der Waals surface area contributed by atoms with Gasteiger partial charge in [0, 0.05) is 10.4 Å². The summed E-state index contributed by atoms with van der Waals surface area (Å²) in [6, 6.07) is 1.20. The number of allylic oxidation sites excluding steroid dienone is 2. The van der Waals surface area contributed by atoms with Gasteiger partial charge in [-0.15, -0.1) is 0 Å². The highest BCUT2D eigenvalue weighted by Gasteiger charge is 2.33. The average molecular weight is 376 g/mol. The quantitative estimate of drug-likeness (QED) is 0.584. The number of Topliss-reactive ketones (excluding diaryl/α,β-unsaturated/α-hetero) is 1. The minimum Gasteiger partial charge on any atom is -0.507 e. The third-order valence-electron chi connectivity index (χ3n) is 2.68. The number of carbonyl (C=O) groups excluding carboxylic acids is 2. The molecule has 18 heavy (non-hydrogen) atoms. The molecule has 0 radical (unpaired) electrons. The van der Waals surface area contributed by atoms with Crippen LogP contribution in [0.1, 0.15) is 27.6 Å². The summed E-state index contributed by atoms with van der Waals surface area (Å²) >= 11 is 6.23. The van der Waals surface area contributed by atoms with Crippen molar-refractivity contribution in [2.45, 2.75) is 11.8 Å². The van der Waals surface area contributed by atoms with Crippen molar-refractivity contribution in [2.75, 3.05) is 0 Å². The molecule has 0 aliphatic heterocycles. The number of hydrogen-bond acceptors (Lipinski definition) is 4. The lowest BCUT2D eigenvalue weighted by Crippen LogP contribution is -2.21. The number of ketones is 2. The standard InChI is InChI=1S/C12H8Br2O4/c1-4(13)5-2-7(15)10-9(11(5)17)8(16)3-6(14)12(10)18/h2-4,16,18H,1H3. The summed E-state index contributed by atoms with van der Waals surface area (Å²) in [6.07, 6.45) is 1.18. The Balaban J connectivity index is 2.77. The molecule has 2 rings (SSSR count). The number of hydrogen-bond donors (Lipinski definition) is 2. The first-order valence-corrected chi connectivity index (χ1v) is 6.74. The molecular weight excluding hydrogens is 368 g/mol. The summed E-state index contributed by atoms with van der Waals surface area (Å²) in [4.78, 5) is 23.8. The van der Waals surface area contributed by atoms with Gasteiger partial charge in [0.1, 0.15) is 11.5 Å². The number of benzene rings is 1. The molecule has 94 valence electrons. The maximum absolute atomic E-state index is 12.2. The van der Waals surface area contributed by atoms with Crippen molar-refractivity contribution in [2.24, 2.45) is 0 Å². The predicted molar refractivity (Wildman–Crippen MR) is 72.6 cm³/mol. The Kier molecular flexibility index (Phi) is 3.33. The molecule has 4 nitrogen and oxygen atoms in total. The van der Waals surface area contributed by atoms with Gasteiger partial charge in [0.15, 0.2) is 11.6 Å².